The number of carbonyl (C=O) groups excluding carboxylic acids is 4. The van der Waals surface area contributed by atoms with E-state index < -0.39 is 41.1 Å². The van der Waals surface area contributed by atoms with Crippen molar-refractivity contribution in [2.45, 2.75) is 65.2 Å². The van der Waals surface area contributed by atoms with E-state index in [0.717, 1.165) is 29.5 Å². The molecule has 5 aromatic heterocycles. The Morgan fingerprint density at radius 2 is 1.35 bits per heavy atom. The molecule has 0 bridgehead atoms. The van der Waals surface area contributed by atoms with Crippen LogP contribution in [0.5, 0.6) is 0 Å². The van der Waals surface area contributed by atoms with E-state index in [1.165, 1.54) is 66.2 Å². The summed E-state index contributed by atoms with van der Waals surface area (Å²) >= 11 is 6.21. The molecule has 5 aromatic carbocycles. The van der Waals surface area contributed by atoms with Crippen molar-refractivity contribution in [2.75, 3.05) is 66.8 Å². The smallest absolute Gasteiger partial charge is 0.418 e. The van der Waals surface area contributed by atoms with Crippen molar-refractivity contribution >= 4 is 69.6 Å². The molecule has 0 spiro atoms. The summed E-state index contributed by atoms with van der Waals surface area (Å²) in [6.07, 6.45) is 4.30. The highest BCUT2D eigenvalue weighted by Crippen LogP contribution is 2.39. The van der Waals surface area contributed by atoms with E-state index in [-0.39, 0.29) is 70.8 Å². The lowest BCUT2D eigenvalue weighted by atomic mass is 9.97. The number of aromatic nitrogens is 8. The number of benzene rings is 5. The van der Waals surface area contributed by atoms with Crippen LogP contribution in [0.15, 0.2) is 171 Å². The van der Waals surface area contributed by atoms with Crippen molar-refractivity contribution in [3.63, 3.8) is 0 Å². The van der Waals surface area contributed by atoms with E-state index in [1.54, 1.807) is 94.9 Å². The first-order chi connectivity index (χ1) is 52.1. The topological polar surface area (TPSA) is 280 Å². The number of carbonyl (C=O) groups is 4. The van der Waals surface area contributed by atoms with Crippen molar-refractivity contribution in [3.05, 3.63) is 272 Å². The van der Waals surface area contributed by atoms with E-state index in [4.69, 9.17) is 32.9 Å². The van der Waals surface area contributed by atoms with Crippen molar-refractivity contribution in [2.24, 2.45) is 5.73 Å². The zero-order valence-corrected chi connectivity index (χ0v) is 59.8. The van der Waals surface area contributed by atoms with Gasteiger partial charge in [0.2, 0.25) is 5.91 Å². The van der Waals surface area contributed by atoms with Gasteiger partial charge in [-0.15, -0.1) is 0 Å². The Morgan fingerprint density at radius 3 is 2.02 bits per heavy atom. The third-order valence-electron chi connectivity index (χ3n) is 16.6. The zero-order chi connectivity index (χ0) is 77.9. The molecule has 0 aliphatic carbocycles. The number of hydrogen-bond acceptors (Lipinski definition) is 16. The number of piperazine rings is 1. The molecule has 554 valence electrons. The number of Topliss-reactive ketones (excluding diaryl/α,β-unsaturated/α-hetero) is 1. The van der Waals surface area contributed by atoms with Crippen LogP contribution in [0.1, 0.15) is 124 Å². The number of ketones is 1. The number of amidine groups is 1. The van der Waals surface area contributed by atoms with Gasteiger partial charge in [0.15, 0.2) is 11.7 Å². The van der Waals surface area contributed by atoms with Gasteiger partial charge in [-0.3, -0.25) is 40.0 Å². The monoisotopic (exact) mass is 1500 g/mol. The second-order valence-electron chi connectivity index (χ2n) is 24.9. The molecule has 0 atom stereocenters. The molecular weight excluding hydrogens is 1430 g/mol. The van der Waals surface area contributed by atoms with Crippen molar-refractivity contribution in [1.82, 2.24) is 44.6 Å². The SMILES string of the molecule is CCOC(=N)Cc1ccc(C#Cc2cc(NC(=O)c3cc(F)cc(-n4cnc(C)c4)c3)ccn2)cn1.CN1CCN(c2ccc(C(=O)Nc3ccc(Cl)c(C#Cc4ccnnc4)c3)cc2C(F)(F)F)CC1.Cc1ccc(C(=O)Cc2cc(N3CCCC3=O)cc(C(F)(F)F)c2)cc1C#Cc1cnc(CC(=N)N)cn1. The number of ether oxygens (including phenoxy) is 1. The molecule has 6 N–H and O–H groups in total. The molecule has 2 aliphatic heterocycles. The first-order valence-electron chi connectivity index (χ1n) is 33.7. The van der Waals surface area contributed by atoms with Gasteiger partial charge in [0.1, 0.15) is 17.2 Å². The number of pyridine rings is 2. The molecular formula is C80H68ClF7N16O5. The summed E-state index contributed by atoms with van der Waals surface area (Å²) in [5.41, 5.74) is 11.8. The molecule has 29 heteroatoms. The van der Waals surface area contributed by atoms with E-state index in [1.807, 2.05) is 33.9 Å². The quantitative estimate of drug-likeness (QED) is 0.0210. The highest BCUT2D eigenvalue weighted by atomic mass is 35.5. The molecule has 2 saturated heterocycles. The van der Waals surface area contributed by atoms with Crippen LogP contribution in [0.25, 0.3) is 5.69 Å². The largest absolute Gasteiger partial charge is 0.481 e. The fourth-order valence-electron chi connectivity index (χ4n) is 11.0. The highest BCUT2D eigenvalue weighted by molar-refractivity contribution is 6.32. The minimum atomic E-state index is -4.61. The van der Waals surface area contributed by atoms with Crippen molar-refractivity contribution in [3.8, 4) is 41.2 Å². The Balaban J connectivity index is 0.000000174. The number of nitrogens with zero attached hydrogens (tertiary/aromatic N) is 11. The number of likely N-dealkylation sites (N-methyl/N-ethyl adjacent to an activating group) is 1. The summed E-state index contributed by atoms with van der Waals surface area (Å²) in [7, 11) is 1.93. The summed E-state index contributed by atoms with van der Waals surface area (Å²) in [4.78, 5) is 76.9. The molecule has 0 saturated carbocycles. The van der Waals surface area contributed by atoms with Crippen molar-refractivity contribution in [1.29, 1.82) is 10.8 Å². The average Bonchev–Trinajstić information content (AvgIpc) is 1.79. The predicted octanol–water partition coefficient (Wildman–Crippen LogP) is 13.1. The number of hydrogen-bond donors (Lipinski definition) is 5. The predicted molar refractivity (Wildman–Crippen MR) is 398 cm³/mol. The maximum Gasteiger partial charge on any atom is 0.418 e. The van der Waals surface area contributed by atoms with Gasteiger partial charge in [0, 0.05) is 138 Å². The standard InChI is InChI=1S/C28H24F3N5O2.C27H23FN6O2.C25H21ClF3N5O/c1-17-4-5-20(12-19(17)6-7-22-15-35-23(16-34-22)14-26(32)33)25(37)11-18-9-21(28(29,30)31)13-24(10-18)36-8-2-3-27(36)38;1-3-36-26(29)14-23-7-5-19(15-31-23)4-6-22-13-24(8-9-30-22)33-27(35)20-10-21(28)12-25(11-20)34-16-18(2)32-17-34;1-33-10-12-34(13-11-33)23-7-4-19(15-21(23)25(27,28)29)24(35)32-20-5-6-22(26)18(14-20)3-2-17-8-9-30-31-16-17/h4-5,9-10,12-13,15-16H,2-3,8,11,14H2,1H3,(H3,32,33);5,7-13,15-17,29H,3,14H2,1-2H3,(H,30,33,35);4-9,14-16H,10-13H2,1H3,(H,32,35). The number of nitrogens with one attached hydrogen (secondary N) is 4. The first-order valence-corrected chi connectivity index (χ1v) is 34.1. The molecule has 2 aliphatic rings. The summed E-state index contributed by atoms with van der Waals surface area (Å²) in [5.74, 6) is 15.4. The Hall–Kier alpha value is -13.0. The minimum Gasteiger partial charge on any atom is -0.481 e. The summed E-state index contributed by atoms with van der Waals surface area (Å²) < 4.78 is 103. The molecule has 10 aromatic rings. The van der Waals surface area contributed by atoms with Gasteiger partial charge in [-0.1, -0.05) is 47.4 Å². The van der Waals surface area contributed by atoms with Gasteiger partial charge in [0.25, 0.3) is 11.8 Å². The molecule has 0 radical (unpaired) electrons. The number of alkyl halides is 6. The average molecular weight is 1500 g/mol. The Labute approximate surface area is 627 Å². The summed E-state index contributed by atoms with van der Waals surface area (Å²) in [6.45, 7) is 8.57. The summed E-state index contributed by atoms with van der Waals surface area (Å²) in [5, 5.41) is 28.2. The number of amides is 3. The van der Waals surface area contributed by atoms with E-state index >= 15 is 0 Å². The third kappa shape index (κ3) is 22.5. The number of nitrogens with two attached hydrogens (primary N) is 1. The number of halogens is 8. The first kappa shape index (κ1) is 78.6. The lowest BCUT2D eigenvalue weighted by Crippen LogP contribution is -2.45. The van der Waals surface area contributed by atoms with E-state index in [0.29, 0.717) is 125 Å². The van der Waals surface area contributed by atoms with Gasteiger partial charge in [-0.05, 0) is 166 Å². The van der Waals surface area contributed by atoms with Crippen LogP contribution < -0.4 is 26.2 Å². The lowest BCUT2D eigenvalue weighted by Gasteiger charge is -2.35. The van der Waals surface area contributed by atoms with Crippen LogP contribution in [0, 0.1) is 66.0 Å². The van der Waals surface area contributed by atoms with Gasteiger partial charge in [-0.25, -0.2) is 19.3 Å². The van der Waals surface area contributed by atoms with Crippen LogP contribution in [0.3, 0.4) is 0 Å². The molecule has 2 fully saturated rings. The van der Waals surface area contributed by atoms with Crippen LogP contribution in [-0.4, -0.2) is 126 Å². The number of aryl methyl sites for hydroxylation is 2. The van der Waals surface area contributed by atoms with Gasteiger partial charge in [0.05, 0.1) is 83.2 Å². The number of imidazole rings is 1. The minimum absolute atomic E-state index is 0.0267. The second-order valence-corrected chi connectivity index (χ2v) is 25.3. The van der Waals surface area contributed by atoms with Gasteiger partial charge < -0.3 is 40.4 Å². The second kappa shape index (κ2) is 35.9. The highest BCUT2D eigenvalue weighted by Gasteiger charge is 2.37. The molecule has 21 nitrogen and oxygen atoms in total. The fraction of sp³-hybridized carbons (Fsp3) is 0.212. The Bertz CT molecular complexity index is 5250. The van der Waals surface area contributed by atoms with Crippen molar-refractivity contribution < 1.29 is 54.6 Å². The van der Waals surface area contributed by atoms with Crippen LogP contribution in [-0.2, 0) is 41.1 Å². The maximum atomic E-state index is 14.2. The number of rotatable bonds is 15. The third-order valence-corrected chi connectivity index (χ3v) is 16.9. The van der Waals surface area contributed by atoms with Crippen LogP contribution in [0.2, 0.25) is 5.02 Å². The number of anilines is 4. The van der Waals surface area contributed by atoms with E-state index in [2.05, 4.69) is 86.2 Å². The Kier molecular flexibility index (Phi) is 25.9. The fourth-order valence-corrected chi connectivity index (χ4v) is 11.2. The Morgan fingerprint density at radius 1 is 0.624 bits per heavy atom. The van der Waals surface area contributed by atoms with Crippen LogP contribution in [0.4, 0.5) is 53.5 Å². The maximum absolute atomic E-state index is 14.2. The van der Waals surface area contributed by atoms with Gasteiger partial charge in [-0.2, -0.15) is 36.5 Å². The molecule has 7 heterocycles. The zero-order valence-electron chi connectivity index (χ0n) is 59.0. The van der Waals surface area contributed by atoms with Gasteiger partial charge >= 0.3 is 12.4 Å². The van der Waals surface area contributed by atoms with E-state index in [9.17, 15) is 49.9 Å². The molecule has 0 unspecified atom stereocenters. The molecule has 109 heavy (non-hydrogen) atoms. The molecule has 3 amide bonds. The molecule has 12 rings (SSSR count). The summed E-state index contributed by atoms with van der Waals surface area (Å²) in [6, 6.07) is 29.3. The lowest BCUT2D eigenvalue weighted by molar-refractivity contribution is -0.138. The normalized spacial score (nSPS) is 12.6. The van der Waals surface area contributed by atoms with Crippen LogP contribution >= 0.6 is 11.6 Å².